The second-order valence-electron chi connectivity index (χ2n) is 4.71. The number of carbonyl (C=O) groups excluding carboxylic acids is 1. The highest BCUT2D eigenvalue weighted by Gasteiger charge is 2.17. The summed E-state index contributed by atoms with van der Waals surface area (Å²) in [5.74, 6) is -0.225. The molecular weight excluding hydrogens is 332 g/mol. The van der Waals surface area contributed by atoms with Crippen molar-refractivity contribution >= 4 is 32.7 Å². The minimum atomic E-state index is -0.225. The van der Waals surface area contributed by atoms with Crippen LogP contribution in [0.25, 0.3) is 10.9 Å². The van der Waals surface area contributed by atoms with Crippen molar-refractivity contribution in [2.45, 2.75) is 13.0 Å². The van der Waals surface area contributed by atoms with Crippen molar-refractivity contribution < 1.29 is 4.79 Å². The number of fused-ring (bicyclic) bond motifs is 1. The molecule has 2 aromatic heterocycles. The van der Waals surface area contributed by atoms with Crippen molar-refractivity contribution in [3.8, 4) is 0 Å². The van der Waals surface area contributed by atoms with E-state index in [0.29, 0.717) is 5.69 Å². The van der Waals surface area contributed by atoms with E-state index >= 15 is 0 Å². The topological polar surface area (TPSA) is 70.7 Å². The average molecular weight is 345 g/mol. The Labute approximate surface area is 129 Å². The molecule has 106 valence electrons. The van der Waals surface area contributed by atoms with Crippen molar-refractivity contribution in [2.24, 2.45) is 0 Å². The van der Waals surface area contributed by atoms with Gasteiger partial charge in [-0.15, -0.1) is 0 Å². The molecule has 1 atom stereocenters. The highest BCUT2D eigenvalue weighted by atomic mass is 79.9. The second kappa shape index (κ2) is 5.65. The molecule has 2 heterocycles. The van der Waals surface area contributed by atoms with Crippen molar-refractivity contribution in [2.75, 3.05) is 0 Å². The first-order chi connectivity index (χ1) is 10.1. The van der Waals surface area contributed by atoms with Crippen LogP contribution in [0.3, 0.4) is 0 Å². The van der Waals surface area contributed by atoms with E-state index in [1.807, 2.05) is 43.3 Å². The van der Waals surface area contributed by atoms with Crippen LogP contribution in [-0.2, 0) is 0 Å². The summed E-state index contributed by atoms with van der Waals surface area (Å²) in [6, 6.07) is 11.1. The van der Waals surface area contributed by atoms with Gasteiger partial charge in [0.1, 0.15) is 0 Å². The van der Waals surface area contributed by atoms with Gasteiger partial charge >= 0.3 is 0 Å². The van der Waals surface area contributed by atoms with Gasteiger partial charge in [-0.25, -0.2) is 0 Å². The van der Waals surface area contributed by atoms with Crippen LogP contribution in [0.5, 0.6) is 0 Å². The van der Waals surface area contributed by atoms with Gasteiger partial charge in [-0.05, 0) is 37.3 Å². The lowest BCUT2D eigenvalue weighted by Crippen LogP contribution is -2.27. The Balaban J connectivity index is 1.86. The van der Waals surface area contributed by atoms with Gasteiger partial charge in [-0.1, -0.05) is 22.0 Å². The molecule has 0 fully saturated rings. The number of pyridine rings is 1. The summed E-state index contributed by atoms with van der Waals surface area (Å²) in [6.07, 6.45) is 1.71. The third-order valence-electron chi connectivity index (χ3n) is 3.22. The number of nitrogens with one attached hydrogen (secondary N) is 2. The number of nitrogens with zero attached hydrogens (tertiary/aromatic N) is 2. The van der Waals surface area contributed by atoms with Gasteiger partial charge in [-0.2, -0.15) is 5.10 Å². The molecule has 0 aliphatic rings. The van der Waals surface area contributed by atoms with E-state index < -0.39 is 0 Å². The Hall–Kier alpha value is -2.21. The molecule has 0 saturated carbocycles. The first-order valence-electron chi connectivity index (χ1n) is 6.50. The first-order valence-corrected chi connectivity index (χ1v) is 7.30. The third kappa shape index (κ3) is 2.80. The number of benzene rings is 1. The quantitative estimate of drug-likeness (QED) is 0.766. The number of hydrogen-bond acceptors (Lipinski definition) is 3. The molecule has 3 aromatic rings. The lowest BCUT2D eigenvalue weighted by atomic mass is 10.1. The molecule has 2 N–H and O–H groups in total. The number of aromatic amines is 1. The summed E-state index contributed by atoms with van der Waals surface area (Å²) in [5, 5.41) is 10.7. The van der Waals surface area contributed by atoms with Crippen molar-refractivity contribution in [3.05, 3.63) is 58.5 Å². The minimum Gasteiger partial charge on any atom is -0.343 e. The molecule has 1 unspecified atom stereocenters. The van der Waals surface area contributed by atoms with E-state index in [1.54, 1.807) is 6.20 Å². The number of halogens is 1. The molecule has 6 heteroatoms. The predicted molar refractivity (Wildman–Crippen MR) is 83.9 cm³/mol. The lowest BCUT2D eigenvalue weighted by molar-refractivity contribution is 0.0935. The van der Waals surface area contributed by atoms with Crippen LogP contribution in [0.2, 0.25) is 0 Å². The van der Waals surface area contributed by atoms with Crippen LogP contribution in [0.4, 0.5) is 0 Å². The Morgan fingerprint density at radius 3 is 2.95 bits per heavy atom. The van der Waals surface area contributed by atoms with E-state index in [1.165, 1.54) is 0 Å². The highest BCUT2D eigenvalue weighted by molar-refractivity contribution is 9.10. The monoisotopic (exact) mass is 344 g/mol. The van der Waals surface area contributed by atoms with Gasteiger partial charge in [0.15, 0.2) is 5.69 Å². The Morgan fingerprint density at radius 1 is 1.33 bits per heavy atom. The third-order valence-corrected chi connectivity index (χ3v) is 3.71. The maximum atomic E-state index is 12.4. The molecule has 0 aliphatic heterocycles. The number of amides is 1. The summed E-state index contributed by atoms with van der Waals surface area (Å²) < 4.78 is 0.906. The fourth-order valence-corrected chi connectivity index (χ4v) is 2.49. The van der Waals surface area contributed by atoms with Gasteiger partial charge in [0.25, 0.3) is 5.91 Å². The lowest BCUT2D eigenvalue weighted by Gasteiger charge is -2.12. The molecule has 5 nitrogen and oxygen atoms in total. The average Bonchev–Trinajstić information content (AvgIpc) is 2.91. The van der Waals surface area contributed by atoms with Gasteiger partial charge < -0.3 is 5.32 Å². The van der Waals surface area contributed by atoms with Gasteiger partial charge in [0.05, 0.1) is 17.3 Å². The maximum Gasteiger partial charge on any atom is 0.272 e. The van der Waals surface area contributed by atoms with Crippen LogP contribution >= 0.6 is 15.9 Å². The van der Waals surface area contributed by atoms with Crippen LogP contribution in [0, 0.1) is 0 Å². The van der Waals surface area contributed by atoms with E-state index in [4.69, 9.17) is 0 Å². The van der Waals surface area contributed by atoms with E-state index in [0.717, 1.165) is 21.1 Å². The summed E-state index contributed by atoms with van der Waals surface area (Å²) in [4.78, 5) is 16.6. The fraction of sp³-hybridized carbons (Fsp3) is 0.133. The molecule has 1 amide bonds. The number of rotatable bonds is 3. The van der Waals surface area contributed by atoms with Crippen LogP contribution in [0.15, 0.2) is 47.1 Å². The van der Waals surface area contributed by atoms with Gasteiger partial charge in [0.2, 0.25) is 0 Å². The first kappa shape index (κ1) is 13.8. The van der Waals surface area contributed by atoms with Gasteiger partial charge in [-0.3, -0.25) is 14.9 Å². The Kier molecular flexibility index (Phi) is 3.70. The highest BCUT2D eigenvalue weighted by Crippen LogP contribution is 2.21. The molecule has 0 aliphatic carbocycles. The maximum absolute atomic E-state index is 12.4. The summed E-state index contributed by atoms with van der Waals surface area (Å²) in [7, 11) is 0. The molecular formula is C15H13BrN4O. The van der Waals surface area contributed by atoms with Crippen LogP contribution in [0.1, 0.15) is 29.1 Å². The smallest absolute Gasteiger partial charge is 0.272 e. The second-order valence-corrected chi connectivity index (χ2v) is 5.63. The van der Waals surface area contributed by atoms with Gasteiger partial charge in [0, 0.05) is 16.1 Å². The molecule has 21 heavy (non-hydrogen) atoms. The normalized spacial score (nSPS) is 12.3. The molecule has 0 bridgehead atoms. The fourth-order valence-electron chi connectivity index (χ4n) is 2.13. The predicted octanol–water partition coefficient (Wildman–Crippen LogP) is 3.21. The SMILES string of the molecule is CC(NC(=O)c1n[nH]c2ccc(Br)cc12)c1ccccn1. The summed E-state index contributed by atoms with van der Waals surface area (Å²) >= 11 is 3.40. The van der Waals surface area contributed by atoms with Crippen LogP contribution in [-0.4, -0.2) is 21.1 Å². The zero-order valence-corrected chi connectivity index (χ0v) is 12.9. The van der Waals surface area contributed by atoms with Crippen molar-refractivity contribution in [1.29, 1.82) is 0 Å². The van der Waals surface area contributed by atoms with Crippen LogP contribution < -0.4 is 5.32 Å². The zero-order valence-electron chi connectivity index (χ0n) is 11.3. The summed E-state index contributed by atoms with van der Waals surface area (Å²) in [6.45, 7) is 1.89. The zero-order chi connectivity index (χ0) is 14.8. The number of H-pyrrole nitrogens is 1. The summed E-state index contributed by atoms with van der Waals surface area (Å²) in [5.41, 5.74) is 2.02. The number of aromatic nitrogens is 3. The number of carbonyl (C=O) groups is 1. The van der Waals surface area contributed by atoms with E-state index in [2.05, 4.69) is 36.4 Å². The Morgan fingerprint density at radius 2 is 2.19 bits per heavy atom. The molecule has 0 radical (unpaired) electrons. The molecule has 0 spiro atoms. The van der Waals surface area contributed by atoms with E-state index in [-0.39, 0.29) is 11.9 Å². The Bertz CT molecular complexity index is 785. The molecule has 0 saturated heterocycles. The number of hydrogen-bond donors (Lipinski definition) is 2. The largest absolute Gasteiger partial charge is 0.343 e. The van der Waals surface area contributed by atoms with Crippen molar-refractivity contribution in [1.82, 2.24) is 20.5 Å². The molecule has 1 aromatic carbocycles. The van der Waals surface area contributed by atoms with Crippen molar-refractivity contribution in [3.63, 3.8) is 0 Å². The van der Waals surface area contributed by atoms with E-state index in [9.17, 15) is 4.79 Å². The minimum absolute atomic E-state index is 0.183. The molecule has 3 rings (SSSR count). The standard InChI is InChI=1S/C15H13BrN4O/c1-9(12-4-2-3-7-17-12)18-15(21)14-11-8-10(16)5-6-13(11)19-20-14/h2-9H,1H3,(H,18,21)(H,19,20).